The van der Waals surface area contributed by atoms with E-state index in [-0.39, 0.29) is 12.3 Å². The third-order valence-electron chi connectivity index (χ3n) is 3.46. The number of nitrogens with zero attached hydrogens (tertiary/aromatic N) is 1. The number of rotatable bonds is 8. The molecule has 1 unspecified atom stereocenters. The van der Waals surface area contributed by atoms with E-state index in [1.54, 1.807) is 31.0 Å². The third-order valence-corrected chi connectivity index (χ3v) is 3.75. The SMILES string of the molecule is COc1cc(NC(=O)CCN(C)C(C)C(=O)O)c(OC)cc1Cl. The van der Waals surface area contributed by atoms with E-state index in [9.17, 15) is 9.59 Å². The van der Waals surface area contributed by atoms with Crippen molar-refractivity contribution in [3.8, 4) is 11.5 Å². The van der Waals surface area contributed by atoms with Crippen LogP contribution in [0.25, 0.3) is 0 Å². The molecule has 0 fully saturated rings. The first-order valence-corrected chi connectivity index (χ1v) is 7.32. The minimum Gasteiger partial charge on any atom is -0.495 e. The van der Waals surface area contributed by atoms with Crippen molar-refractivity contribution < 1.29 is 24.2 Å². The highest BCUT2D eigenvalue weighted by molar-refractivity contribution is 6.32. The van der Waals surface area contributed by atoms with Gasteiger partial charge in [-0.1, -0.05) is 11.6 Å². The zero-order valence-corrected chi connectivity index (χ0v) is 14.3. The van der Waals surface area contributed by atoms with Gasteiger partial charge in [0, 0.05) is 25.1 Å². The zero-order chi connectivity index (χ0) is 17.6. The Hall–Kier alpha value is -1.99. The fourth-order valence-corrected chi connectivity index (χ4v) is 2.06. The van der Waals surface area contributed by atoms with Gasteiger partial charge < -0.3 is 19.9 Å². The Bertz CT molecular complexity index is 579. The first-order valence-electron chi connectivity index (χ1n) is 6.94. The van der Waals surface area contributed by atoms with Crippen LogP contribution in [0, 0.1) is 0 Å². The average molecular weight is 345 g/mol. The van der Waals surface area contributed by atoms with E-state index in [1.807, 2.05) is 0 Å². The molecule has 7 nitrogen and oxygen atoms in total. The molecule has 0 aromatic heterocycles. The van der Waals surface area contributed by atoms with E-state index in [0.717, 1.165) is 0 Å². The smallest absolute Gasteiger partial charge is 0.320 e. The fraction of sp³-hybridized carbons (Fsp3) is 0.467. The minimum atomic E-state index is -0.933. The van der Waals surface area contributed by atoms with Gasteiger partial charge in [0.25, 0.3) is 0 Å². The molecule has 1 amide bonds. The van der Waals surface area contributed by atoms with E-state index in [2.05, 4.69) is 5.32 Å². The highest BCUT2D eigenvalue weighted by Crippen LogP contribution is 2.35. The molecular weight excluding hydrogens is 324 g/mol. The molecule has 1 aromatic carbocycles. The Balaban J connectivity index is 2.72. The summed E-state index contributed by atoms with van der Waals surface area (Å²) in [5.41, 5.74) is 0.438. The van der Waals surface area contributed by atoms with Crippen LogP contribution in [-0.2, 0) is 9.59 Å². The molecule has 0 spiro atoms. The summed E-state index contributed by atoms with van der Waals surface area (Å²) >= 11 is 6.00. The summed E-state index contributed by atoms with van der Waals surface area (Å²) in [6, 6.07) is 2.46. The Labute approximate surface area is 140 Å². The number of halogens is 1. The summed E-state index contributed by atoms with van der Waals surface area (Å²) in [4.78, 5) is 24.5. The number of aliphatic carboxylic acids is 1. The van der Waals surface area contributed by atoms with Crippen molar-refractivity contribution in [2.45, 2.75) is 19.4 Å². The monoisotopic (exact) mass is 344 g/mol. The van der Waals surface area contributed by atoms with Gasteiger partial charge in [-0.2, -0.15) is 0 Å². The zero-order valence-electron chi connectivity index (χ0n) is 13.6. The highest BCUT2D eigenvalue weighted by atomic mass is 35.5. The predicted octanol–water partition coefficient (Wildman–Crippen LogP) is 2.09. The Morgan fingerprint density at radius 3 is 2.43 bits per heavy atom. The van der Waals surface area contributed by atoms with Gasteiger partial charge in [-0.25, -0.2) is 0 Å². The standard InChI is InChI=1S/C15H21ClN2O5/c1-9(15(20)21)18(2)6-5-14(19)17-11-8-12(22-3)10(16)7-13(11)23-4/h7-9H,5-6H2,1-4H3,(H,17,19)(H,20,21). The van der Waals surface area contributed by atoms with Gasteiger partial charge in [0.15, 0.2) is 0 Å². The number of carbonyl (C=O) groups is 2. The van der Waals surface area contributed by atoms with E-state index >= 15 is 0 Å². The van der Waals surface area contributed by atoms with Crippen molar-refractivity contribution in [1.82, 2.24) is 4.90 Å². The second kappa shape index (κ2) is 8.59. The van der Waals surface area contributed by atoms with Gasteiger partial charge >= 0.3 is 5.97 Å². The van der Waals surface area contributed by atoms with Crippen LogP contribution in [0.2, 0.25) is 5.02 Å². The molecule has 1 atom stereocenters. The second-order valence-electron chi connectivity index (χ2n) is 4.98. The first-order chi connectivity index (χ1) is 10.8. The topological polar surface area (TPSA) is 88.1 Å². The van der Waals surface area contributed by atoms with Crippen molar-refractivity contribution in [1.29, 1.82) is 0 Å². The van der Waals surface area contributed by atoms with Crippen molar-refractivity contribution in [3.63, 3.8) is 0 Å². The molecule has 1 rings (SSSR count). The van der Waals surface area contributed by atoms with Gasteiger partial charge in [-0.3, -0.25) is 14.5 Å². The highest BCUT2D eigenvalue weighted by Gasteiger charge is 2.18. The van der Waals surface area contributed by atoms with Gasteiger partial charge in [0.05, 0.1) is 24.9 Å². The molecule has 0 bridgehead atoms. The van der Waals surface area contributed by atoms with E-state index in [0.29, 0.717) is 28.8 Å². The first kappa shape index (κ1) is 19.1. The molecule has 0 aliphatic rings. The van der Waals surface area contributed by atoms with Gasteiger partial charge in [0.2, 0.25) is 5.91 Å². The number of amides is 1. The summed E-state index contributed by atoms with van der Waals surface area (Å²) in [5.74, 6) is -0.370. The van der Waals surface area contributed by atoms with E-state index < -0.39 is 12.0 Å². The van der Waals surface area contributed by atoms with Crippen LogP contribution in [0.5, 0.6) is 11.5 Å². The Morgan fingerprint density at radius 2 is 1.91 bits per heavy atom. The molecule has 128 valence electrons. The molecule has 1 aromatic rings. The summed E-state index contributed by atoms with van der Waals surface area (Å²) in [6.45, 7) is 1.87. The van der Waals surface area contributed by atoms with Crippen molar-refractivity contribution in [2.75, 3.05) is 33.1 Å². The molecule has 0 aliphatic carbocycles. The summed E-state index contributed by atoms with van der Waals surface area (Å²) in [6.07, 6.45) is 0.141. The normalized spacial score (nSPS) is 11.9. The molecule has 23 heavy (non-hydrogen) atoms. The van der Waals surface area contributed by atoms with Crippen LogP contribution < -0.4 is 14.8 Å². The lowest BCUT2D eigenvalue weighted by Gasteiger charge is -2.20. The summed E-state index contributed by atoms with van der Waals surface area (Å²) < 4.78 is 10.3. The number of methoxy groups -OCH3 is 2. The molecule has 0 saturated heterocycles. The van der Waals surface area contributed by atoms with Gasteiger partial charge in [0.1, 0.15) is 17.5 Å². The number of carbonyl (C=O) groups excluding carboxylic acids is 1. The summed E-state index contributed by atoms with van der Waals surface area (Å²) in [5, 5.41) is 12.0. The Kier molecular flexibility index (Phi) is 7.12. The summed E-state index contributed by atoms with van der Waals surface area (Å²) in [7, 11) is 4.59. The number of ether oxygens (including phenoxy) is 2. The van der Waals surface area contributed by atoms with E-state index in [1.165, 1.54) is 14.2 Å². The quantitative estimate of drug-likeness (QED) is 0.750. The number of likely N-dealkylation sites (N-methyl/N-ethyl adjacent to an activating group) is 1. The van der Waals surface area contributed by atoms with Crippen LogP contribution in [-0.4, -0.2) is 55.7 Å². The third kappa shape index (κ3) is 5.30. The molecular formula is C15H21ClN2O5. The van der Waals surface area contributed by atoms with Crippen molar-refractivity contribution in [3.05, 3.63) is 17.2 Å². The lowest BCUT2D eigenvalue weighted by atomic mass is 10.2. The number of carboxylic acids is 1. The van der Waals surface area contributed by atoms with Crippen LogP contribution >= 0.6 is 11.6 Å². The lowest BCUT2D eigenvalue weighted by molar-refractivity contribution is -0.142. The number of benzene rings is 1. The van der Waals surface area contributed by atoms with Crippen LogP contribution in [0.1, 0.15) is 13.3 Å². The van der Waals surface area contributed by atoms with Gasteiger partial charge in [-0.15, -0.1) is 0 Å². The lowest BCUT2D eigenvalue weighted by Crippen LogP contribution is -2.37. The number of hydrogen-bond donors (Lipinski definition) is 2. The maximum atomic E-state index is 12.0. The molecule has 0 aliphatic heterocycles. The molecule has 2 N–H and O–H groups in total. The second-order valence-corrected chi connectivity index (χ2v) is 5.39. The number of anilines is 1. The largest absolute Gasteiger partial charge is 0.495 e. The fourth-order valence-electron chi connectivity index (χ4n) is 1.83. The average Bonchev–Trinajstić information content (AvgIpc) is 2.52. The van der Waals surface area contributed by atoms with Crippen molar-refractivity contribution in [2.24, 2.45) is 0 Å². The number of nitrogens with one attached hydrogen (secondary N) is 1. The van der Waals surface area contributed by atoms with Crippen LogP contribution in [0.15, 0.2) is 12.1 Å². The van der Waals surface area contributed by atoms with Crippen molar-refractivity contribution >= 4 is 29.2 Å². The maximum Gasteiger partial charge on any atom is 0.320 e. The van der Waals surface area contributed by atoms with Gasteiger partial charge in [-0.05, 0) is 14.0 Å². The number of hydrogen-bond acceptors (Lipinski definition) is 5. The molecule has 0 heterocycles. The maximum absolute atomic E-state index is 12.0. The van der Waals surface area contributed by atoms with Crippen LogP contribution in [0.4, 0.5) is 5.69 Å². The predicted molar refractivity (Wildman–Crippen MR) is 87.5 cm³/mol. The molecule has 8 heteroatoms. The van der Waals surface area contributed by atoms with E-state index in [4.69, 9.17) is 26.2 Å². The Morgan fingerprint density at radius 1 is 1.30 bits per heavy atom. The molecule has 0 radical (unpaired) electrons. The number of carboxylic acid groups (broad SMARTS) is 1. The van der Waals surface area contributed by atoms with Crippen LogP contribution in [0.3, 0.4) is 0 Å². The minimum absolute atomic E-state index is 0.141. The molecule has 0 saturated carbocycles.